The highest BCUT2D eigenvalue weighted by atomic mass is 19.1. The topological polar surface area (TPSA) is 157 Å². The number of halogens is 2. The summed E-state index contributed by atoms with van der Waals surface area (Å²) in [4.78, 5) is 52.9. The summed E-state index contributed by atoms with van der Waals surface area (Å²) < 4.78 is 33.1. The van der Waals surface area contributed by atoms with Gasteiger partial charge in [0.2, 0.25) is 5.91 Å². The van der Waals surface area contributed by atoms with Crippen molar-refractivity contribution in [2.24, 2.45) is 0 Å². The second-order valence-electron chi connectivity index (χ2n) is 12.4. The maximum atomic E-state index is 14.0. The standard InChI is InChI=1S/C38H48F2N4O7/c1-4-13-44(14-5-2)37(49)29-16-25(3)15-28(20-29)36(48)43-33(19-27-17-30(39)21-31(40)18-27)34(46)11-12-41-35(47)22-32(45)23-42-38(50)51-24-26-9-7-6-8-10-26/h6-10,15-18,20-21,32-34,45-46H,4-5,11-14,19,22-24H2,1-3H3,(H,41,47)(H,42,50)(H,43,48)/t32?,33-,34-/m0/s1. The molecule has 3 atom stereocenters. The molecule has 3 rings (SSSR count). The lowest BCUT2D eigenvalue weighted by atomic mass is 9.97. The number of hydrogen-bond acceptors (Lipinski definition) is 7. The van der Waals surface area contributed by atoms with E-state index in [0.29, 0.717) is 30.3 Å². The van der Waals surface area contributed by atoms with Gasteiger partial charge in [0.15, 0.2) is 0 Å². The molecule has 5 N–H and O–H groups in total. The Balaban J connectivity index is 1.60. The number of nitrogens with one attached hydrogen (secondary N) is 3. The van der Waals surface area contributed by atoms with Crippen molar-refractivity contribution in [3.8, 4) is 0 Å². The second-order valence-corrected chi connectivity index (χ2v) is 12.4. The summed E-state index contributed by atoms with van der Waals surface area (Å²) in [7, 11) is 0. The molecule has 3 aromatic rings. The molecular weight excluding hydrogens is 662 g/mol. The molecule has 0 saturated heterocycles. The first-order valence-electron chi connectivity index (χ1n) is 17.1. The molecule has 276 valence electrons. The first-order chi connectivity index (χ1) is 24.4. The van der Waals surface area contributed by atoms with Crippen molar-refractivity contribution in [3.63, 3.8) is 0 Å². The third kappa shape index (κ3) is 14.1. The molecule has 0 spiro atoms. The molecular formula is C38H48F2N4O7. The van der Waals surface area contributed by atoms with Crippen molar-refractivity contribution < 1.29 is 42.9 Å². The van der Waals surface area contributed by atoms with E-state index in [0.717, 1.165) is 30.5 Å². The van der Waals surface area contributed by atoms with Crippen LogP contribution >= 0.6 is 0 Å². The average molecular weight is 711 g/mol. The number of amides is 4. The van der Waals surface area contributed by atoms with Crippen LogP contribution in [0, 0.1) is 18.6 Å². The molecule has 0 fully saturated rings. The molecule has 0 aliphatic carbocycles. The van der Waals surface area contributed by atoms with E-state index in [1.807, 2.05) is 19.9 Å². The number of aliphatic hydroxyl groups is 2. The quantitative estimate of drug-likeness (QED) is 0.123. The van der Waals surface area contributed by atoms with Crippen LogP contribution < -0.4 is 16.0 Å². The van der Waals surface area contributed by atoms with Crippen LogP contribution in [0.1, 0.15) is 76.9 Å². The predicted octanol–water partition coefficient (Wildman–Crippen LogP) is 4.42. The van der Waals surface area contributed by atoms with Gasteiger partial charge in [0, 0.05) is 43.4 Å². The summed E-state index contributed by atoms with van der Waals surface area (Å²) in [6.45, 7) is 6.59. The molecule has 0 bridgehead atoms. The second kappa shape index (κ2) is 20.7. The number of aliphatic hydroxyl groups excluding tert-OH is 2. The predicted molar refractivity (Wildman–Crippen MR) is 188 cm³/mol. The zero-order valence-corrected chi connectivity index (χ0v) is 29.3. The minimum atomic E-state index is -1.28. The van der Waals surface area contributed by atoms with E-state index in [9.17, 15) is 38.2 Å². The molecule has 0 aromatic heterocycles. The van der Waals surface area contributed by atoms with Gasteiger partial charge in [-0.3, -0.25) is 14.4 Å². The Bertz CT molecular complexity index is 1580. The number of hydrogen-bond donors (Lipinski definition) is 5. The van der Waals surface area contributed by atoms with Gasteiger partial charge in [0.1, 0.15) is 18.2 Å². The van der Waals surface area contributed by atoms with Crippen LogP contribution in [0.3, 0.4) is 0 Å². The average Bonchev–Trinajstić information content (AvgIpc) is 3.08. The Morgan fingerprint density at radius 2 is 1.49 bits per heavy atom. The van der Waals surface area contributed by atoms with Gasteiger partial charge in [-0.05, 0) is 79.6 Å². The lowest BCUT2D eigenvalue weighted by molar-refractivity contribution is -0.123. The zero-order valence-electron chi connectivity index (χ0n) is 29.3. The molecule has 11 nitrogen and oxygen atoms in total. The first kappa shape index (κ1) is 40.5. The van der Waals surface area contributed by atoms with Crippen molar-refractivity contribution in [2.45, 2.75) is 77.7 Å². The number of ether oxygens (including phenoxy) is 1. The van der Waals surface area contributed by atoms with Gasteiger partial charge in [0.05, 0.1) is 24.7 Å². The SMILES string of the molecule is CCCN(CCC)C(=O)c1cc(C)cc(C(=O)N[C@@H](Cc2cc(F)cc(F)c2)[C@@H](O)CCNC(=O)CC(O)CNC(=O)OCc2ccccc2)c1. The van der Waals surface area contributed by atoms with Gasteiger partial charge in [0.25, 0.3) is 11.8 Å². The van der Waals surface area contributed by atoms with Crippen LogP contribution in [-0.4, -0.2) is 83.4 Å². The van der Waals surface area contributed by atoms with E-state index in [-0.39, 0.29) is 56.0 Å². The number of rotatable bonds is 19. The maximum absolute atomic E-state index is 14.0. The van der Waals surface area contributed by atoms with Crippen molar-refractivity contribution in [3.05, 3.63) is 106 Å². The number of alkyl carbamates (subject to hydrolysis) is 1. The Morgan fingerprint density at radius 3 is 2.14 bits per heavy atom. The zero-order chi connectivity index (χ0) is 37.3. The highest BCUT2D eigenvalue weighted by molar-refractivity contribution is 6.00. The van der Waals surface area contributed by atoms with E-state index in [1.54, 1.807) is 48.2 Å². The van der Waals surface area contributed by atoms with E-state index in [2.05, 4.69) is 16.0 Å². The normalized spacial score (nSPS) is 12.7. The number of aryl methyl sites for hydroxylation is 1. The summed E-state index contributed by atoms with van der Waals surface area (Å²) in [6.07, 6.45) is -2.24. The third-order valence-electron chi connectivity index (χ3n) is 7.90. The molecule has 0 aliphatic rings. The third-order valence-corrected chi connectivity index (χ3v) is 7.90. The minimum absolute atomic E-state index is 0.0454. The molecule has 3 aromatic carbocycles. The van der Waals surface area contributed by atoms with Crippen LogP contribution in [0.4, 0.5) is 13.6 Å². The first-order valence-corrected chi connectivity index (χ1v) is 17.1. The summed E-state index contributed by atoms with van der Waals surface area (Å²) in [5, 5.41) is 29.1. The lowest BCUT2D eigenvalue weighted by Gasteiger charge is -2.25. The smallest absolute Gasteiger partial charge is 0.407 e. The fourth-order valence-corrected chi connectivity index (χ4v) is 5.49. The largest absolute Gasteiger partial charge is 0.445 e. The van der Waals surface area contributed by atoms with Crippen LogP contribution in [0.2, 0.25) is 0 Å². The van der Waals surface area contributed by atoms with Crippen molar-refractivity contribution >= 4 is 23.8 Å². The Kier molecular flexibility index (Phi) is 16.5. The fourth-order valence-electron chi connectivity index (χ4n) is 5.49. The van der Waals surface area contributed by atoms with Gasteiger partial charge in [-0.15, -0.1) is 0 Å². The molecule has 13 heteroatoms. The van der Waals surface area contributed by atoms with E-state index >= 15 is 0 Å². The van der Waals surface area contributed by atoms with Crippen molar-refractivity contribution in [1.82, 2.24) is 20.9 Å². The molecule has 0 saturated carbocycles. The van der Waals surface area contributed by atoms with Gasteiger partial charge in [-0.25, -0.2) is 13.6 Å². The number of carbonyl (C=O) groups is 4. The van der Waals surface area contributed by atoms with Crippen LogP contribution in [0.25, 0.3) is 0 Å². The van der Waals surface area contributed by atoms with Gasteiger partial charge in [-0.2, -0.15) is 0 Å². The molecule has 0 radical (unpaired) electrons. The Hall–Kier alpha value is -4.88. The van der Waals surface area contributed by atoms with Gasteiger partial charge >= 0.3 is 6.09 Å². The molecule has 0 aliphatic heterocycles. The molecule has 1 unspecified atom stereocenters. The lowest BCUT2D eigenvalue weighted by Crippen LogP contribution is -2.46. The highest BCUT2D eigenvalue weighted by Crippen LogP contribution is 2.17. The maximum Gasteiger partial charge on any atom is 0.407 e. The summed E-state index contributed by atoms with van der Waals surface area (Å²) >= 11 is 0. The Labute approximate surface area is 297 Å². The summed E-state index contributed by atoms with van der Waals surface area (Å²) in [6, 6.07) is 15.7. The van der Waals surface area contributed by atoms with E-state index < -0.39 is 47.8 Å². The molecule has 4 amide bonds. The summed E-state index contributed by atoms with van der Waals surface area (Å²) in [5.74, 6) is -3.00. The van der Waals surface area contributed by atoms with Crippen LogP contribution in [-0.2, 0) is 22.6 Å². The van der Waals surface area contributed by atoms with Crippen LogP contribution in [0.5, 0.6) is 0 Å². The fraction of sp³-hybridized carbons (Fsp3) is 0.421. The Morgan fingerprint density at radius 1 is 0.843 bits per heavy atom. The number of nitrogens with zero attached hydrogens (tertiary/aromatic N) is 1. The van der Waals surface area contributed by atoms with Gasteiger partial charge in [-0.1, -0.05) is 44.2 Å². The van der Waals surface area contributed by atoms with E-state index in [4.69, 9.17) is 4.74 Å². The monoisotopic (exact) mass is 710 g/mol. The van der Waals surface area contributed by atoms with Crippen molar-refractivity contribution in [2.75, 3.05) is 26.2 Å². The molecule has 0 heterocycles. The summed E-state index contributed by atoms with van der Waals surface area (Å²) in [5.41, 5.74) is 2.17. The highest BCUT2D eigenvalue weighted by Gasteiger charge is 2.25. The van der Waals surface area contributed by atoms with Crippen LogP contribution in [0.15, 0.2) is 66.7 Å². The van der Waals surface area contributed by atoms with E-state index in [1.165, 1.54) is 6.07 Å². The number of benzene rings is 3. The molecule has 51 heavy (non-hydrogen) atoms. The van der Waals surface area contributed by atoms with Gasteiger partial charge < -0.3 is 35.8 Å². The number of carbonyl (C=O) groups excluding carboxylic acids is 4. The van der Waals surface area contributed by atoms with Crippen molar-refractivity contribution in [1.29, 1.82) is 0 Å². The minimum Gasteiger partial charge on any atom is -0.445 e.